The first-order valence-corrected chi connectivity index (χ1v) is 7.77. The minimum absolute atomic E-state index is 0.0460. The van der Waals surface area contributed by atoms with Crippen LogP contribution in [-0.2, 0) is 9.53 Å². The van der Waals surface area contributed by atoms with Crippen LogP contribution in [0, 0.1) is 0 Å². The first-order chi connectivity index (χ1) is 10.7. The zero-order valence-corrected chi connectivity index (χ0v) is 12.7. The van der Waals surface area contributed by atoms with Crippen LogP contribution >= 0.6 is 11.8 Å². The van der Waals surface area contributed by atoms with Gasteiger partial charge in [0.15, 0.2) is 0 Å². The lowest BCUT2D eigenvalue weighted by Crippen LogP contribution is -2.27. The van der Waals surface area contributed by atoms with Gasteiger partial charge in [0, 0.05) is 23.6 Å². The number of rotatable bonds is 3. The van der Waals surface area contributed by atoms with Crippen molar-refractivity contribution < 1.29 is 14.3 Å². The molecule has 0 radical (unpaired) electrons. The van der Waals surface area contributed by atoms with Gasteiger partial charge in [-0.15, -0.1) is 11.8 Å². The van der Waals surface area contributed by atoms with E-state index in [-0.39, 0.29) is 11.3 Å². The molecule has 1 aliphatic rings. The lowest BCUT2D eigenvalue weighted by Gasteiger charge is -2.24. The summed E-state index contributed by atoms with van der Waals surface area (Å²) in [6.07, 6.45) is 3.48. The van der Waals surface area contributed by atoms with Crippen LogP contribution in [0.1, 0.15) is 21.3 Å². The summed E-state index contributed by atoms with van der Waals surface area (Å²) in [5.74, 6) is 0.0837. The molecule has 1 fully saturated rings. The van der Waals surface area contributed by atoms with Crippen molar-refractivity contribution in [3.63, 3.8) is 0 Å². The SMILES string of the molecule is COC(=O)c1ccc(N2C(=O)CSC2c2cccnc2)cc1. The van der Waals surface area contributed by atoms with E-state index >= 15 is 0 Å². The van der Waals surface area contributed by atoms with Gasteiger partial charge in [-0.1, -0.05) is 6.07 Å². The van der Waals surface area contributed by atoms with Gasteiger partial charge in [-0.25, -0.2) is 4.79 Å². The Morgan fingerprint density at radius 1 is 1.32 bits per heavy atom. The van der Waals surface area contributed by atoms with Crippen LogP contribution in [-0.4, -0.2) is 29.7 Å². The van der Waals surface area contributed by atoms with E-state index < -0.39 is 5.97 Å². The topological polar surface area (TPSA) is 59.5 Å². The molecule has 5 nitrogen and oxygen atoms in total. The summed E-state index contributed by atoms with van der Waals surface area (Å²) in [6, 6.07) is 10.7. The Kier molecular flexibility index (Phi) is 4.11. The number of hydrogen-bond donors (Lipinski definition) is 0. The largest absolute Gasteiger partial charge is 0.465 e. The predicted molar refractivity (Wildman–Crippen MR) is 84.7 cm³/mol. The second-order valence-electron chi connectivity index (χ2n) is 4.75. The Labute approximate surface area is 132 Å². The van der Waals surface area contributed by atoms with Crippen LogP contribution in [0.5, 0.6) is 0 Å². The summed E-state index contributed by atoms with van der Waals surface area (Å²) in [7, 11) is 1.34. The van der Waals surface area contributed by atoms with Gasteiger partial charge in [-0.05, 0) is 30.3 Å². The molecule has 1 aliphatic heterocycles. The van der Waals surface area contributed by atoms with Crippen molar-refractivity contribution in [3.8, 4) is 0 Å². The number of carbonyl (C=O) groups is 2. The maximum absolute atomic E-state index is 12.2. The van der Waals surface area contributed by atoms with Crippen molar-refractivity contribution in [2.24, 2.45) is 0 Å². The quantitative estimate of drug-likeness (QED) is 0.815. The molecule has 3 rings (SSSR count). The minimum Gasteiger partial charge on any atom is -0.465 e. The van der Waals surface area contributed by atoms with Crippen LogP contribution in [0.4, 0.5) is 5.69 Å². The van der Waals surface area contributed by atoms with Crippen LogP contribution < -0.4 is 4.90 Å². The van der Waals surface area contributed by atoms with Crippen LogP contribution in [0.2, 0.25) is 0 Å². The molecule has 1 aromatic carbocycles. The van der Waals surface area contributed by atoms with Crippen molar-refractivity contribution >= 4 is 29.3 Å². The molecule has 2 aromatic rings. The summed E-state index contributed by atoms with van der Waals surface area (Å²) in [6.45, 7) is 0. The van der Waals surface area contributed by atoms with Crippen molar-refractivity contribution in [2.45, 2.75) is 5.37 Å². The third kappa shape index (κ3) is 2.69. The Bertz CT molecular complexity index is 688. The van der Waals surface area contributed by atoms with E-state index in [1.807, 2.05) is 12.1 Å². The fourth-order valence-corrected chi connectivity index (χ4v) is 3.51. The summed E-state index contributed by atoms with van der Waals surface area (Å²) in [5.41, 5.74) is 2.20. The van der Waals surface area contributed by atoms with Crippen LogP contribution in [0.25, 0.3) is 0 Å². The van der Waals surface area contributed by atoms with E-state index in [2.05, 4.69) is 9.72 Å². The highest BCUT2D eigenvalue weighted by molar-refractivity contribution is 8.00. The summed E-state index contributed by atoms with van der Waals surface area (Å²) in [4.78, 5) is 29.6. The van der Waals surface area contributed by atoms with Crippen molar-refractivity contribution in [1.82, 2.24) is 4.98 Å². The van der Waals surface area contributed by atoms with Crippen molar-refractivity contribution in [3.05, 3.63) is 59.9 Å². The normalized spacial score (nSPS) is 17.6. The lowest BCUT2D eigenvalue weighted by atomic mass is 10.1. The van der Waals surface area contributed by atoms with E-state index in [4.69, 9.17) is 0 Å². The van der Waals surface area contributed by atoms with Crippen LogP contribution in [0.3, 0.4) is 0 Å². The Balaban J connectivity index is 1.91. The number of carbonyl (C=O) groups excluding carboxylic acids is 2. The number of nitrogens with zero attached hydrogens (tertiary/aromatic N) is 2. The van der Waals surface area contributed by atoms with Gasteiger partial charge in [0.2, 0.25) is 5.91 Å². The lowest BCUT2D eigenvalue weighted by molar-refractivity contribution is -0.115. The molecule has 0 spiro atoms. The molecule has 1 aromatic heterocycles. The molecule has 1 saturated heterocycles. The van der Waals surface area contributed by atoms with E-state index in [0.717, 1.165) is 11.3 Å². The van der Waals surface area contributed by atoms with Gasteiger partial charge in [0.1, 0.15) is 5.37 Å². The molecule has 6 heteroatoms. The minimum atomic E-state index is -0.391. The summed E-state index contributed by atoms with van der Waals surface area (Å²) < 4.78 is 4.68. The summed E-state index contributed by atoms with van der Waals surface area (Å²) in [5, 5.41) is -0.0924. The molecule has 112 valence electrons. The van der Waals surface area contributed by atoms with Crippen LogP contribution in [0.15, 0.2) is 48.8 Å². The van der Waals surface area contributed by atoms with E-state index in [0.29, 0.717) is 11.3 Å². The van der Waals surface area contributed by atoms with Gasteiger partial charge >= 0.3 is 5.97 Å². The van der Waals surface area contributed by atoms with Gasteiger partial charge in [-0.2, -0.15) is 0 Å². The van der Waals surface area contributed by atoms with E-state index in [9.17, 15) is 9.59 Å². The first kappa shape index (κ1) is 14.6. The van der Waals surface area contributed by atoms with Gasteiger partial charge in [0.05, 0.1) is 18.4 Å². The molecule has 0 bridgehead atoms. The highest BCUT2D eigenvalue weighted by atomic mass is 32.2. The molecule has 0 aliphatic carbocycles. The molecular weight excluding hydrogens is 300 g/mol. The first-order valence-electron chi connectivity index (χ1n) is 6.72. The monoisotopic (exact) mass is 314 g/mol. The number of amides is 1. The van der Waals surface area contributed by atoms with E-state index in [1.54, 1.807) is 53.3 Å². The number of ether oxygens (including phenoxy) is 1. The molecule has 1 atom stereocenters. The molecule has 1 unspecified atom stereocenters. The average molecular weight is 314 g/mol. The highest BCUT2D eigenvalue weighted by Gasteiger charge is 2.34. The number of benzene rings is 1. The van der Waals surface area contributed by atoms with E-state index in [1.165, 1.54) is 7.11 Å². The maximum Gasteiger partial charge on any atom is 0.337 e. The molecule has 22 heavy (non-hydrogen) atoms. The standard InChI is InChI=1S/C16H14N2O3S/c1-21-16(20)11-4-6-13(7-5-11)18-14(19)10-22-15(18)12-3-2-8-17-9-12/h2-9,15H,10H2,1H3. The predicted octanol–water partition coefficient (Wildman–Crippen LogP) is 2.65. The molecule has 2 heterocycles. The second-order valence-corrected chi connectivity index (χ2v) is 5.82. The number of anilines is 1. The maximum atomic E-state index is 12.2. The Morgan fingerprint density at radius 3 is 2.73 bits per heavy atom. The molecule has 0 saturated carbocycles. The van der Waals surface area contributed by atoms with Crippen molar-refractivity contribution in [1.29, 1.82) is 0 Å². The molecule has 0 N–H and O–H groups in total. The second kappa shape index (κ2) is 6.19. The fraction of sp³-hybridized carbons (Fsp3) is 0.188. The van der Waals surface area contributed by atoms with Gasteiger partial charge in [-0.3, -0.25) is 14.7 Å². The van der Waals surface area contributed by atoms with Gasteiger partial charge in [0.25, 0.3) is 0 Å². The van der Waals surface area contributed by atoms with Gasteiger partial charge < -0.3 is 4.74 Å². The zero-order chi connectivity index (χ0) is 15.5. The molecular formula is C16H14N2O3S. The highest BCUT2D eigenvalue weighted by Crippen LogP contribution is 2.41. The number of pyridine rings is 1. The zero-order valence-electron chi connectivity index (χ0n) is 11.9. The smallest absolute Gasteiger partial charge is 0.337 e. The number of esters is 1. The Hall–Kier alpha value is -2.34. The number of aromatic nitrogens is 1. The number of hydrogen-bond acceptors (Lipinski definition) is 5. The Morgan fingerprint density at radius 2 is 2.09 bits per heavy atom. The molecule has 1 amide bonds. The third-order valence-electron chi connectivity index (χ3n) is 3.40. The number of thioether (sulfide) groups is 1. The average Bonchev–Trinajstić information content (AvgIpc) is 2.96. The van der Waals surface area contributed by atoms with Crippen molar-refractivity contribution in [2.75, 3.05) is 17.8 Å². The summed E-state index contributed by atoms with van der Waals surface area (Å²) >= 11 is 1.57. The third-order valence-corrected chi connectivity index (χ3v) is 4.62. The fourth-order valence-electron chi connectivity index (χ4n) is 2.35. The number of methoxy groups -OCH3 is 1.